The average molecular weight is 536 g/mol. The number of hydrogen-bond donors (Lipinski definition) is 0. The molecule has 0 aliphatic rings. The standard InChI is InChI=1S/C28H58NO6P/c1-7-10-11-12-13-14-15-16-17-18-19-26(8-2)20-22-33-24-27(35-28(30)9-3)25-34-36(31,32)23-21-29(4,5)6/h26-27H,7-25H2,1-6H3. The summed E-state index contributed by atoms with van der Waals surface area (Å²) >= 11 is 0. The third-order valence-electron chi connectivity index (χ3n) is 6.61. The number of carbonyl (C=O) groups excluding carboxylic acids is 1. The first-order chi connectivity index (χ1) is 17.0. The van der Waals surface area contributed by atoms with Gasteiger partial charge in [-0.15, -0.1) is 0 Å². The smallest absolute Gasteiger partial charge is 0.305 e. The van der Waals surface area contributed by atoms with Crippen molar-refractivity contribution in [1.29, 1.82) is 0 Å². The van der Waals surface area contributed by atoms with Gasteiger partial charge in [0.05, 0.1) is 47.1 Å². The highest BCUT2D eigenvalue weighted by atomic mass is 31.2. The van der Waals surface area contributed by atoms with Crippen LogP contribution in [0.2, 0.25) is 0 Å². The van der Waals surface area contributed by atoms with Crippen LogP contribution in [0.3, 0.4) is 0 Å². The second kappa shape index (κ2) is 21.5. The maximum absolute atomic E-state index is 12.2. The molecule has 0 bridgehead atoms. The molecular weight excluding hydrogens is 477 g/mol. The predicted molar refractivity (Wildman–Crippen MR) is 147 cm³/mol. The van der Waals surface area contributed by atoms with E-state index in [9.17, 15) is 14.3 Å². The first-order valence-corrected chi connectivity index (χ1v) is 16.3. The van der Waals surface area contributed by atoms with E-state index in [1.54, 1.807) is 6.92 Å². The van der Waals surface area contributed by atoms with Gasteiger partial charge in [-0.3, -0.25) is 4.79 Å². The van der Waals surface area contributed by atoms with Crippen molar-refractivity contribution in [1.82, 2.24) is 0 Å². The molecule has 0 N–H and O–H groups in total. The summed E-state index contributed by atoms with van der Waals surface area (Å²) in [6, 6.07) is 0. The number of hydrogen-bond acceptors (Lipinski definition) is 6. The topological polar surface area (TPSA) is 84.9 Å². The average Bonchev–Trinajstić information content (AvgIpc) is 2.83. The molecule has 216 valence electrons. The van der Waals surface area contributed by atoms with E-state index in [1.807, 2.05) is 21.1 Å². The van der Waals surface area contributed by atoms with Crippen LogP contribution in [0.1, 0.15) is 111 Å². The van der Waals surface area contributed by atoms with Gasteiger partial charge < -0.3 is 27.9 Å². The fourth-order valence-electron chi connectivity index (χ4n) is 4.01. The van der Waals surface area contributed by atoms with Crippen molar-refractivity contribution in [2.45, 2.75) is 117 Å². The zero-order valence-corrected chi connectivity index (χ0v) is 25.3. The first-order valence-electron chi connectivity index (χ1n) is 14.5. The Morgan fingerprint density at radius 3 is 1.97 bits per heavy atom. The van der Waals surface area contributed by atoms with Crippen molar-refractivity contribution < 1.29 is 32.7 Å². The third kappa shape index (κ3) is 22.7. The molecule has 0 amide bonds. The Kier molecular flexibility index (Phi) is 21.2. The molecule has 8 heteroatoms. The minimum atomic E-state index is -4.00. The molecule has 0 aromatic carbocycles. The number of quaternary nitrogens is 1. The summed E-state index contributed by atoms with van der Waals surface area (Å²) in [4.78, 5) is 24.0. The highest BCUT2D eigenvalue weighted by molar-refractivity contribution is 7.51. The summed E-state index contributed by atoms with van der Waals surface area (Å²) in [5.41, 5.74) is 0. The van der Waals surface area contributed by atoms with Gasteiger partial charge in [-0.25, -0.2) is 0 Å². The van der Waals surface area contributed by atoms with Crippen LogP contribution in [0.25, 0.3) is 0 Å². The summed E-state index contributed by atoms with van der Waals surface area (Å²) in [5, 5.41) is 0. The molecule has 0 saturated carbocycles. The number of rotatable bonds is 25. The Morgan fingerprint density at radius 2 is 1.44 bits per heavy atom. The quantitative estimate of drug-likeness (QED) is 0.0588. The van der Waals surface area contributed by atoms with E-state index in [1.165, 1.54) is 70.6 Å². The van der Waals surface area contributed by atoms with Gasteiger partial charge in [0.2, 0.25) is 0 Å². The van der Waals surface area contributed by atoms with Gasteiger partial charge in [0.25, 0.3) is 0 Å². The molecule has 0 aromatic heterocycles. The molecule has 3 atom stereocenters. The second-order valence-electron chi connectivity index (χ2n) is 11.2. The molecule has 36 heavy (non-hydrogen) atoms. The van der Waals surface area contributed by atoms with E-state index in [0.717, 1.165) is 12.8 Å². The Bertz CT molecular complexity index is 581. The van der Waals surface area contributed by atoms with E-state index in [4.69, 9.17) is 14.0 Å². The van der Waals surface area contributed by atoms with Crippen LogP contribution in [0.5, 0.6) is 0 Å². The number of nitrogens with zero attached hydrogens (tertiary/aromatic N) is 1. The van der Waals surface area contributed by atoms with Crippen LogP contribution in [0.4, 0.5) is 0 Å². The number of carbonyl (C=O) groups is 1. The minimum Gasteiger partial charge on any atom is -0.778 e. The van der Waals surface area contributed by atoms with Crippen molar-refractivity contribution in [3.05, 3.63) is 0 Å². The molecule has 0 rings (SSSR count). The molecular formula is C28H58NO6P. The molecule has 0 aromatic rings. The normalized spacial score (nSPS) is 15.4. The summed E-state index contributed by atoms with van der Waals surface area (Å²) in [6.45, 7) is 7.18. The number of esters is 1. The van der Waals surface area contributed by atoms with Crippen molar-refractivity contribution in [2.75, 3.05) is 53.7 Å². The van der Waals surface area contributed by atoms with Gasteiger partial charge >= 0.3 is 5.97 Å². The SMILES string of the molecule is CCCCCCCCCCCCC(CC)CCOCC(COP(=O)([O-])CC[N+](C)(C)C)OC(=O)CC. The van der Waals surface area contributed by atoms with Gasteiger partial charge in [-0.05, 0) is 12.3 Å². The number of unbranched alkanes of at least 4 members (excludes halogenated alkanes) is 9. The summed E-state index contributed by atoms with van der Waals surface area (Å²) in [7, 11) is 1.79. The Labute approximate surface area is 222 Å². The molecule has 0 spiro atoms. The lowest BCUT2D eigenvalue weighted by molar-refractivity contribution is -0.868. The molecule has 0 aliphatic heterocycles. The van der Waals surface area contributed by atoms with Gasteiger partial charge in [0.15, 0.2) is 0 Å². The van der Waals surface area contributed by atoms with Crippen LogP contribution in [-0.4, -0.2) is 70.2 Å². The lowest BCUT2D eigenvalue weighted by Gasteiger charge is -2.30. The second-order valence-corrected chi connectivity index (χ2v) is 13.1. The van der Waals surface area contributed by atoms with Crippen LogP contribution in [-0.2, 0) is 23.4 Å². The first kappa shape index (κ1) is 35.5. The van der Waals surface area contributed by atoms with Gasteiger partial charge in [0, 0.05) is 13.0 Å². The highest BCUT2D eigenvalue weighted by Crippen LogP contribution is 2.37. The maximum Gasteiger partial charge on any atom is 0.305 e. The summed E-state index contributed by atoms with van der Waals surface area (Å²) < 4.78 is 29.1. The van der Waals surface area contributed by atoms with Crippen molar-refractivity contribution in [3.63, 3.8) is 0 Å². The van der Waals surface area contributed by atoms with Gasteiger partial charge in [-0.1, -0.05) is 97.8 Å². The Morgan fingerprint density at radius 1 is 0.861 bits per heavy atom. The lowest BCUT2D eigenvalue weighted by atomic mass is 9.95. The summed E-state index contributed by atoms with van der Waals surface area (Å²) in [6.07, 6.45) is 16.3. The van der Waals surface area contributed by atoms with Crippen molar-refractivity contribution in [2.24, 2.45) is 5.92 Å². The Hall–Kier alpha value is -0.460. The molecule has 0 heterocycles. The Balaban J connectivity index is 4.18. The van der Waals surface area contributed by atoms with E-state index in [-0.39, 0.29) is 31.8 Å². The third-order valence-corrected chi connectivity index (χ3v) is 7.90. The molecule has 0 fully saturated rings. The lowest BCUT2D eigenvalue weighted by Crippen LogP contribution is -2.38. The maximum atomic E-state index is 12.2. The highest BCUT2D eigenvalue weighted by Gasteiger charge is 2.20. The zero-order valence-electron chi connectivity index (χ0n) is 24.4. The van der Waals surface area contributed by atoms with E-state index < -0.39 is 13.7 Å². The minimum absolute atomic E-state index is 0.0526. The molecule has 0 radical (unpaired) electrons. The largest absolute Gasteiger partial charge is 0.778 e. The van der Waals surface area contributed by atoms with Gasteiger partial charge in [-0.2, -0.15) is 0 Å². The van der Waals surface area contributed by atoms with Crippen molar-refractivity contribution in [3.8, 4) is 0 Å². The van der Waals surface area contributed by atoms with Gasteiger partial charge in [0.1, 0.15) is 13.7 Å². The number of ether oxygens (including phenoxy) is 2. The fourth-order valence-corrected chi connectivity index (χ4v) is 5.37. The monoisotopic (exact) mass is 535 g/mol. The molecule has 0 saturated heterocycles. The van der Waals surface area contributed by atoms with Crippen LogP contribution >= 0.6 is 7.60 Å². The fraction of sp³-hybridized carbons (Fsp3) is 0.964. The summed E-state index contributed by atoms with van der Waals surface area (Å²) in [5.74, 6) is 0.246. The van der Waals surface area contributed by atoms with E-state index in [2.05, 4.69) is 13.8 Å². The van der Waals surface area contributed by atoms with Crippen LogP contribution < -0.4 is 4.89 Å². The van der Waals surface area contributed by atoms with Crippen LogP contribution in [0, 0.1) is 5.92 Å². The van der Waals surface area contributed by atoms with E-state index >= 15 is 0 Å². The molecule has 3 unspecified atom stereocenters. The molecule has 7 nitrogen and oxygen atoms in total. The van der Waals surface area contributed by atoms with E-state index in [0.29, 0.717) is 23.6 Å². The van der Waals surface area contributed by atoms with Crippen molar-refractivity contribution >= 4 is 13.6 Å². The zero-order chi connectivity index (χ0) is 27.3. The molecule has 0 aliphatic carbocycles. The predicted octanol–water partition coefficient (Wildman–Crippen LogP) is 6.33. The van der Waals surface area contributed by atoms with Crippen LogP contribution in [0.15, 0.2) is 0 Å².